The summed E-state index contributed by atoms with van der Waals surface area (Å²) < 4.78 is 0. The second-order valence-electron chi connectivity index (χ2n) is 6.83. The third-order valence-electron chi connectivity index (χ3n) is 5.17. The average Bonchev–Trinajstić information content (AvgIpc) is 3.38. The van der Waals surface area contributed by atoms with Crippen molar-refractivity contribution in [1.82, 2.24) is 9.80 Å². The number of fused-ring (bicyclic) bond motifs is 1. The number of amides is 1. The molecule has 1 unspecified atom stereocenters. The van der Waals surface area contributed by atoms with E-state index in [4.69, 9.17) is 0 Å². The van der Waals surface area contributed by atoms with Gasteiger partial charge < -0.3 is 4.90 Å². The minimum Gasteiger partial charge on any atom is -0.338 e. The molecule has 1 aliphatic heterocycles. The molecule has 3 aromatic rings. The number of carbonyl (C=O) groups excluding carboxylic acids is 1. The number of carbonyl (C=O) groups is 1. The molecule has 0 N–H and O–H groups in total. The lowest BCUT2D eigenvalue weighted by Crippen LogP contribution is -2.44. The molecular weight excluding hydrogens is 372 g/mol. The van der Waals surface area contributed by atoms with E-state index in [0.717, 1.165) is 19.5 Å². The fraction of sp³-hybridized carbons (Fsp3) is 0.318. The first-order valence-corrected chi connectivity index (χ1v) is 11.2. The molecule has 140 valence electrons. The van der Waals surface area contributed by atoms with Crippen molar-refractivity contribution >= 4 is 28.6 Å². The zero-order valence-corrected chi connectivity index (χ0v) is 17.1. The maximum Gasteiger partial charge on any atom is 0.237 e. The number of hydrogen-bond acceptors (Lipinski definition) is 4. The quantitative estimate of drug-likeness (QED) is 0.597. The molecule has 0 bridgehead atoms. The van der Waals surface area contributed by atoms with Crippen molar-refractivity contribution in [3.63, 3.8) is 0 Å². The molecule has 5 heteroatoms. The molecule has 3 nitrogen and oxygen atoms in total. The Morgan fingerprint density at radius 1 is 1.11 bits per heavy atom. The van der Waals surface area contributed by atoms with Crippen LogP contribution in [0.4, 0.5) is 0 Å². The van der Waals surface area contributed by atoms with Gasteiger partial charge >= 0.3 is 0 Å². The zero-order chi connectivity index (χ0) is 18.6. The lowest BCUT2D eigenvalue weighted by Gasteiger charge is -2.36. The molecule has 1 aromatic carbocycles. The third kappa shape index (κ3) is 4.00. The number of benzene rings is 1. The van der Waals surface area contributed by atoms with Crippen LogP contribution in [-0.4, -0.2) is 35.3 Å². The predicted octanol–water partition coefficient (Wildman–Crippen LogP) is 4.81. The smallest absolute Gasteiger partial charge is 0.237 e. The van der Waals surface area contributed by atoms with Crippen molar-refractivity contribution in [3.05, 3.63) is 80.2 Å². The molecule has 4 rings (SSSR count). The van der Waals surface area contributed by atoms with Gasteiger partial charge in [0.05, 0.1) is 12.6 Å². The normalized spacial score (nSPS) is 16.9. The summed E-state index contributed by atoms with van der Waals surface area (Å²) >= 11 is 3.62. The molecule has 0 radical (unpaired) electrons. The summed E-state index contributed by atoms with van der Waals surface area (Å²) in [6.45, 7) is 4.88. The molecule has 2 aromatic heterocycles. The van der Waals surface area contributed by atoms with Gasteiger partial charge in [0.25, 0.3) is 0 Å². The third-order valence-corrected chi connectivity index (χ3v) is 7.09. The second kappa shape index (κ2) is 8.38. The van der Waals surface area contributed by atoms with E-state index in [0.29, 0.717) is 13.1 Å². The Morgan fingerprint density at radius 2 is 1.96 bits per heavy atom. The highest BCUT2D eigenvalue weighted by Gasteiger charge is 2.32. The highest BCUT2D eigenvalue weighted by atomic mass is 32.1. The number of thiophene rings is 2. The molecule has 1 aliphatic rings. The van der Waals surface area contributed by atoms with Gasteiger partial charge in [-0.25, -0.2) is 0 Å². The Hall–Kier alpha value is -1.95. The van der Waals surface area contributed by atoms with Gasteiger partial charge in [0.15, 0.2) is 0 Å². The second-order valence-corrected chi connectivity index (χ2v) is 8.81. The highest BCUT2D eigenvalue weighted by Crippen LogP contribution is 2.39. The molecule has 0 fully saturated rings. The molecule has 1 amide bonds. The molecule has 0 spiro atoms. The summed E-state index contributed by atoms with van der Waals surface area (Å²) in [4.78, 5) is 20.2. The lowest BCUT2D eigenvalue weighted by molar-refractivity contribution is -0.133. The van der Waals surface area contributed by atoms with Gasteiger partial charge in [0.2, 0.25) is 5.91 Å². The van der Waals surface area contributed by atoms with Crippen LogP contribution in [0.25, 0.3) is 0 Å². The van der Waals surface area contributed by atoms with Crippen LogP contribution in [0.3, 0.4) is 0 Å². The van der Waals surface area contributed by atoms with Gasteiger partial charge in [-0.05, 0) is 47.4 Å². The van der Waals surface area contributed by atoms with Crippen LogP contribution < -0.4 is 0 Å². The first-order chi connectivity index (χ1) is 13.3. The van der Waals surface area contributed by atoms with Gasteiger partial charge in [-0.2, -0.15) is 0 Å². The van der Waals surface area contributed by atoms with Crippen molar-refractivity contribution in [2.24, 2.45) is 0 Å². The fourth-order valence-electron chi connectivity index (χ4n) is 3.77. The van der Waals surface area contributed by atoms with Crippen LogP contribution in [0.15, 0.2) is 59.3 Å². The van der Waals surface area contributed by atoms with E-state index < -0.39 is 0 Å². The Balaban J connectivity index is 1.52. The van der Waals surface area contributed by atoms with E-state index in [2.05, 4.69) is 52.9 Å². The van der Waals surface area contributed by atoms with Crippen LogP contribution >= 0.6 is 22.7 Å². The molecule has 0 saturated carbocycles. The Kier molecular flexibility index (Phi) is 5.72. The molecule has 3 heterocycles. The maximum absolute atomic E-state index is 13.1. The number of likely N-dealkylation sites (N-methyl/N-ethyl adjacent to an activating group) is 1. The van der Waals surface area contributed by atoms with Gasteiger partial charge in [-0.3, -0.25) is 9.69 Å². The summed E-state index contributed by atoms with van der Waals surface area (Å²) in [6.07, 6.45) is 1.03. The molecule has 0 saturated heterocycles. The van der Waals surface area contributed by atoms with E-state index in [1.165, 1.54) is 20.9 Å². The van der Waals surface area contributed by atoms with Crippen molar-refractivity contribution in [3.8, 4) is 0 Å². The molecule has 0 aliphatic carbocycles. The Morgan fingerprint density at radius 3 is 2.70 bits per heavy atom. The van der Waals surface area contributed by atoms with Crippen LogP contribution in [0, 0.1) is 0 Å². The van der Waals surface area contributed by atoms with Gasteiger partial charge in [-0.1, -0.05) is 36.4 Å². The number of nitrogens with zero attached hydrogens (tertiary/aromatic N) is 2. The number of rotatable bonds is 6. The summed E-state index contributed by atoms with van der Waals surface area (Å²) in [5.41, 5.74) is 2.56. The van der Waals surface area contributed by atoms with Crippen LogP contribution in [-0.2, 0) is 17.8 Å². The molecule has 1 atom stereocenters. The summed E-state index contributed by atoms with van der Waals surface area (Å²) in [5, 5.41) is 4.31. The number of hydrogen-bond donors (Lipinski definition) is 0. The molecular formula is C22H24N2OS2. The van der Waals surface area contributed by atoms with Gasteiger partial charge in [-0.15, -0.1) is 22.7 Å². The SMILES string of the molecule is CCN(Cc1ccccc1)C(=O)CN1CCc2sccc2C1c1cccs1. The maximum atomic E-state index is 13.1. The average molecular weight is 397 g/mol. The topological polar surface area (TPSA) is 23.6 Å². The van der Waals surface area contributed by atoms with E-state index >= 15 is 0 Å². The first-order valence-electron chi connectivity index (χ1n) is 9.41. The zero-order valence-electron chi connectivity index (χ0n) is 15.5. The largest absolute Gasteiger partial charge is 0.338 e. The lowest BCUT2D eigenvalue weighted by atomic mass is 9.98. The van der Waals surface area contributed by atoms with E-state index in [1.807, 2.05) is 34.4 Å². The standard InChI is InChI=1S/C22H24N2OS2/c1-2-23(15-17-7-4-3-5-8-17)21(25)16-24-12-10-19-18(11-14-27-19)22(24)20-9-6-13-26-20/h3-9,11,13-14,22H,2,10,12,15-16H2,1H3. The first kappa shape index (κ1) is 18.4. The Labute approximate surface area is 168 Å². The van der Waals surface area contributed by atoms with Gasteiger partial charge in [0.1, 0.15) is 0 Å². The summed E-state index contributed by atoms with van der Waals surface area (Å²) in [5.74, 6) is 0.210. The minimum atomic E-state index is 0.208. The van der Waals surface area contributed by atoms with Crippen molar-refractivity contribution in [1.29, 1.82) is 0 Å². The summed E-state index contributed by atoms with van der Waals surface area (Å²) in [7, 11) is 0. The predicted molar refractivity (Wildman–Crippen MR) is 113 cm³/mol. The van der Waals surface area contributed by atoms with Crippen molar-refractivity contribution < 1.29 is 4.79 Å². The highest BCUT2D eigenvalue weighted by molar-refractivity contribution is 7.10. The fourth-order valence-corrected chi connectivity index (χ4v) is 5.55. The summed E-state index contributed by atoms with van der Waals surface area (Å²) in [6, 6.07) is 17.0. The molecule has 27 heavy (non-hydrogen) atoms. The minimum absolute atomic E-state index is 0.208. The van der Waals surface area contributed by atoms with E-state index in [-0.39, 0.29) is 11.9 Å². The van der Waals surface area contributed by atoms with Crippen LogP contribution in [0.2, 0.25) is 0 Å². The van der Waals surface area contributed by atoms with Crippen molar-refractivity contribution in [2.45, 2.75) is 25.9 Å². The van der Waals surface area contributed by atoms with Crippen LogP contribution in [0.1, 0.15) is 33.8 Å². The Bertz CT molecular complexity index is 873. The van der Waals surface area contributed by atoms with Crippen molar-refractivity contribution in [2.75, 3.05) is 19.6 Å². The van der Waals surface area contributed by atoms with E-state index in [9.17, 15) is 4.79 Å². The van der Waals surface area contributed by atoms with E-state index in [1.54, 1.807) is 11.3 Å². The van der Waals surface area contributed by atoms with Gasteiger partial charge in [0, 0.05) is 29.4 Å². The van der Waals surface area contributed by atoms with Crippen LogP contribution in [0.5, 0.6) is 0 Å². The monoisotopic (exact) mass is 396 g/mol.